The van der Waals surface area contributed by atoms with Gasteiger partial charge in [0, 0.05) is 6.07 Å². The first-order valence-corrected chi connectivity index (χ1v) is 8.04. The smallest absolute Gasteiger partial charge is 0.348 e. The number of rotatable bonds is 5. The van der Waals surface area contributed by atoms with E-state index < -0.39 is 11.9 Å². The lowest BCUT2D eigenvalue weighted by atomic mass is 10.1. The quantitative estimate of drug-likeness (QED) is 0.718. The standard InChI is InChI=1S/C17H14N2O4S/c1-11-7-15(19-23-11)18-16(20)9-22-17(21)14-8-13(10-24-14)12-5-3-2-4-6-12/h2-8,10H,9H2,1H3,(H,18,19,20). The van der Waals surface area contributed by atoms with E-state index in [2.05, 4.69) is 10.5 Å². The number of nitrogens with zero attached hydrogens (tertiary/aromatic N) is 1. The molecule has 0 saturated carbocycles. The number of thiophene rings is 1. The molecule has 2 heterocycles. The minimum absolute atomic E-state index is 0.288. The predicted molar refractivity (Wildman–Crippen MR) is 89.9 cm³/mol. The number of amides is 1. The fourth-order valence-corrected chi connectivity index (χ4v) is 2.84. The SMILES string of the molecule is Cc1cc(NC(=O)COC(=O)c2cc(-c3ccccc3)cs2)no1. The molecule has 0 spiro atoms. The van der Waals surface area contributed by atoms with E-state index in [9.17, 15) is 9.59 Å². The maximum Gasteiger partial charge on any atom is 0.348 e. The van der Waals surface area contributed by atoms with Crippen molar-refractivity contribution < 1.29 is 18.8 Å². The first-order chi connectivity index (χ1) is 11.6. The number of benzene rings is 1. The Kier molecular flexibility index (Phi) is 4.72. The molecule has 0 radical (unpaired) electrons. The van der Waals surface area contributed by atoms with Crippen LogP contribution < -0.4 is 5.32 Å². The topological polar surface area (TPSA) is 81.4 Å². The molecule has 0 aliphatic rings. The average molecular weight is 342 g/mol. The second-order valence-corrected chi connectivity index (χ2v) is 5.92. The van der Waals surface area contributed by atoms with Gasteiger partial charge >= 0.3 is 5.97 Å². The Morgan fingerprint density at radius 3 is 2.71 bits per heavy atom. The minimum Gasteiger partial charge on any atom is -0.451 e. The third-order valence-corrected chi connectivity index (χ3v) is 4.05. The van der Waals surface area contributed by atoms with Crippen molar-refractivity contribution in [1.29, 1.82) is 0 Å². The molecule has 0 unspecified atom stereocenters. The van der Waals surface area contributed by atoms with Gasteiger partial charge in [-0.15, -0.1) is 11.3 Å². The molecule has 0 bridgehead atoms. The number of aryl methyl sites for hydroxylation is 1. The fourth-order valence-electron chi connectivity index (χ4n) is 2.03. The molecule has 1 amide bonds. The number of aromatic nitrogens is 1. The van der Waals surface area contributed by atoms with E-state index in [4.69, 9.17) is 9.26 Å². The molecule has 0 atom stereocenters. The molecule has 122 valence electrons. The lowest BCUT2D eigenvalue weighted by molar-refractivity contribution is -0.119. The van der Waals surface area contributed by atoms with Crippen molar-refractivity contribution in [3.8, 4) is 11.1 Å². The van der Waals surface area contributed by atoms with Crippen LogP contribution in [0.2, 0.25) is 0 Å². The number of carbonyl (C=O) groups is 2. The van der Waals surface area contributed by atoms with Gasteiger partial charge < -0.3 is 14.6 Å². The summed E-state index contributed by atoms with van der Waals surface area (Å²) in [5, 5.41) is 7.99. The molecular weight excluding hydrogens is 328 g/mol. The molecule has 2 aromatic heterocycles. The van der Waals surface area contributed by atoms with Crippen LogP contribution in [0.3, 0.4) is 0 Å². The number of carbonyl (C=O) groups excluding carboxylic acids is 2. The summed E-state index contributed by atoms with van der Waals surface area (Å²) in [6.07, 6.45) is 0. The van der Waals surface area contributed by atoms with E-state index in [-0.39, 0.29) is 12.4 Å². The van der Waals surface area contributed by atoms with E-state index >= 15 is 0 Å². The van der Waals surface area contributed by atoms with Crippen molar-refractivity contribution in [2.45, 2.75) is 6.92 Å². The Hall–Kier alpha value is -2.93. The van der Waals surface area contributed by atoms with Crippen molar-refractivity contribution in [2.75, 3.05) is 11.9 Å². The van der Waals surface area contributed by atoms with Crippen molar-refractivity contribution in [1.82, 2.24) is 5.16 Å². The van der Waals surface area contributed by atoms with Gasteiger partial charge in [-0.2, -0.15) is 0 Å². The van der Waals surface area contributed by atoms with Crippen LogP contribution >= 0.6 is 11.3 Å². The zero-order valence-corrected chi connectivity index (χ0v) is 13.6. The summed E-state index contributed by atoms with van der Waals surface area (Å²) in [4.78, 5) is 24.2. The van der Waals surface area contributed by atoms with E-state index in [0.717, 1.165) is 11.1 Å². The third kappa shape index (κ3) is 3.88. The highest BCUT2D eigenvalue weighted by Gasteiger charge is 2.14. The van der Waals surface area contributed by atoms with E-state index in [1.807, 2.05) is 35.7 Å². The summed E-state index contributed by atoms with van der Waals surface area (Å²) < 4.78 is 9.85. The number of hydrogen-bond acceptors (Lipinski definition) is 6. The first-order valence-electron chi connectivity index (χ1n) is 7.16. The fraction of sp³-hybridized carbons (Fsp3) is 0.118. The molecule has 0 saturated heterocycles. The van der Waals surface area contributed by atoms with E-state index in [1.54, 1.807) is 19.1 Å². The molecule has 3 aromatic rings. The monoisotopic (exact) mass is 342 g/mol. The molecule has 1 aromatic carbocycles. The maximum absolute atomic E-state index is 12.0. The van der Waals surface area contributed by atoms with Crippen molar-refractivity contribution >= 4 is 29.0 Å². The molecule has 24 heavy (non-hydrogen) atoms. The van der Waals surface area contributed by atoms with Gasteiger partial charge in [-0.1, -0.05) is 35.5 Å². The van der Waals surface area contributed by atoms with Crippen LogP contribution in [-0.2, 0) is 9.53 Å². The van der Waals surface area contributed by atoms with Crippen LogP contribution in [0, 0.1) is 6.92 Å². The van der Waals surface area contributed by atoms with Crippen molar-refractivity contribution in [2.24, 2.45) is 0 Å². The molecule has 1 N–H and O–H groups in total. The van der Waals surface area contributed by atoms with Crippen LogP contribution in [-0.4, -0.2) is 23.6 Å². The highest BCUT2D eigenvalue weighted by atomic mass is 32.1. The molecule has 7 heteroatoms. The number of esters is 1. The zero-order valence-electron chi connectivity index (χ0n) is 12.8. The van der Waals surface area contributed by atoms with Crippen molar-refractivity contribution in [3.63, 3.8) is 0 Å². The Bertz CT molecular complexity index is 854. The van der Waals surface area contributed by atoms with Gasteiger partial charge in [-0.3, -0.25) is 4.79 Å². The average Bonchev–Trinajstić information content (AvgIpc) is 3.23. The maximum atomic E-state index is 12.0. The Labute approximate surface area is 142 Å². The van der Waals surface area contributed by atoms with Gasteiger partial charge in [0.05, 0.1) is 0 Å². The van der Waals surface area contributed by atoms with Crippen LogP contribution in [0.4, 0.5) is 5.82 Å². The summed E-state index contributed by atoms with van der Waals surface area (Å²) in [6.45, 7) is 1.33. The molecular formula is C17H14N2O4S. The Balaban J connectivity index is 1.55. The van der Waals surface area contributed by atoms with Gasteiger partial charge in [-0.25, -0.2) is 4.79 Å². The summed E-state index contributed by atoms with van der Waals surface area (Å²) in [5.74, 6) is -0.143. The predicted octanol–water partition coefficient (Wildman–Crippen LogP) is 3.51. The minimum atomic E-state index is -0.534. The van der Waals surface area contributed by atoms with E-state index in [1.165, 1.54) is 11.3 Å². The van der Waals surface area contributed by atoms with Gasteiger partial charge in [0.15, 0.2) is 12.4 Å². The van der Waals surface area contributed by atoms with E-state index in [0.29, 0.717) is 10.6 Å². The number of anilines is 1. The Morgan fingerprint density at radius 1 is 1.21 bits per heavy atom. The summed E-state index contributed by atoms with van der Waals surface area (Å²) in [6, 6.07) is 13.0. The normalized spacial score (nSPS) is 10.4. The van der Waals surface area contributed by atoms with Crippen LogP contribution in [0.1, 0.15) is 15.4 Å². The summed E-state index contributed by atoms with van der Waals surface area (Å²) in [5.41, 5.74) is 1.96. The summed E-state index contributed by atoms with van der Waals surface area (Å²) >= 11 is 1.28. The third-order valence-electron chi connectivity index (χ3n) is 3.14. The lowest BCUT2D eigenvalue weighted by Crippen LogP contribution is -2.20. The molecule has 0 fully saturated rings. The van der Waals surface area contributed by atoms with Gasteiger partial charge in [0.25, 0.3) is 5.91 Å². The second-order valence-electron chi connectivity index (χ2n) is 5.01. The summed E-state index contributed by atoms with van der Waals surface area (Å²) in [7, 11) is 0. The van der Waals surface area contributed by atoms with Gasteiger partial charge in [0.1, 0.15) is 10.6 Å². The van der Waals surface area contributed by atoms with Crippen LogP contribution in [0.15, 0.2) is 52.4 Å². The molecule has 0 aliphatic heterocycles. The van der Waals surface area contributed by atoms with Gasteiger partial charge in [0.2, 0.25) is 0 Å². The van der Waals surface area contributed by atoms with Crippen LogP contribution in [0.5, 0.6) is 0 Å². The second kappa shape index (κ2) is 7.10. The molecule has 3 rings (SSSR count). The lowest BCUT2D eigenvalue weighted by Gasteiger charge is -2.02. The van der Waals surface area contributed by atoms with Crippen molar-refractivity contribution in [3.05, 3.63) is 58.5 Å². The first kappa shape index (κ1) is 15.9. The highest BCUT2D eigenvalue weighted by Crippen LogP contribution is 2.25. The highest BCUT2D eigenvalue weighted by molar-refractivity contribution is 7.12. The zero-order chi connectivity index (χ0) is 16.9. The molecule has 6 nitrogen and oxygen atoms in total. The largest absolute Gasteiger partial charge is 0.451 e. The number of hydrogen-bond donors (Lipinski definition) is 1. The van der Waals surface area contributed by atoms with Crippen LogP contribution in [0.25, 0.3) is 11.1 Å². The molecule has 0 aliphatic carbocycles. The van der Waals surface area contributed by atoms with Gasteiger partial charge in [-0.05, 0) is 29.5 Å². The number of nitrogens with one attached hydrogen (secondary N) is 1. The Morgan fingerprint density at radius 2 is 2.00 bits per heavy atom. The number of ether oxygens (including phenoxy) is 1.